The molecule has 0 fully saturated rings. The van der Waals surface area contributed by atoms with Gasteiger partial charge in [0, 0.05) is 5.41 Å². The standard InChI is InChI=1S/C11H15FO3/c1-11(2,6-13)7-4-5-8(14)10(15-3)9(7)12/h4-5,13-14H,6H2,1-3H3. The first-order valence-corrected chi connectivity index (χ1v) is 4.61. The molecule has 0 aliphatic heterocycles. The average Bonchev–Trinajstić information content (AvgIpc) is 2.18. The number of aliphatic hydroxyl groups excluding tert-OH is 1. The Balaban J connectivity index is 3.34. The van der Waals surface area contributed by atoms with E-state index in [1.54, 1.807) is 13.8 Å². The molecular weight excluding hydrogens is 199 g/mol. The normalized spacial score (nSPS) is 11.5. The molecule has 0 radical (unpaired) electrons. The van der Waals surface area contributed by atoms with E-state index in [1.807, 2.05) is 0 Å². The first kappa shape index (κ1) is 11.8. The van der Waals surface area contributed by atoms with Gasteiger partial charge in [0.2, 0.25) is 0 Å². The number of hydrogen-bond acceptors (Lipinski definition) is 3. The molecule has 2 N–H and O–H groups in total. The Bertz CT molecular complexity index is 361. The van der Waals surface area contributed by atoms with E-state index in [4.69, 9.17) is 9.84 Å². The van der Waals surface area contributed by atoms with Crippen LogP contribution in [0.15, 0.2) is 12.1 Å². The Morgan fingerprint density at radius 3 is 2.47 bits per heavy atom. The van der Waals surface area contributed by atoms with Gasteiger partial charge in [-0.2, -0.15) is 0 Å². The Labute approximate surface area is 88.1 Å². The van der Waals surface area contributed by atoms with E-state index in [0.717, 1.165) is 0 Å². The van der Waals surface area contributed by atoms with E-state index in [-0.39, 0.29) is 18.1 Å². The van der Waals surface area contributed by atoms with E-state index >= 15 is 0 Å². The minimum Gasteiger partial charge on any atom is -0.504 e. The number of ether oxygens (including phenoxy) is 1. The minimum absolute atomic E-state index is 0.183. The van der Waals surface area contributed by atoms with Crippen LogP contribution in [0, 0.1) is 5.82 Å². The average molecular weight is 214 g/mol. The van der Waals surface area contributed by atoms with Gasteiger partial charge in [-0.1, -0.05) is 19.9 Å². The minimum atomic E-state index is -0.703. The van der Waals surface area contributed by atoms with Crippen molar-refractivity contribution in [2.24, 2.45) is 0 Å². The molecule has 0 spiro atoms. The molecule has 0 unspecified atom stereocenters. The Hall–Kier alpha value is -1.29. The summed E-state index contributed by atoms with van der Waals surface area (Å²) in [6.07, 6.45) is 0. The highest BCUT2D eigenvalue weighted by atomic mass is 19.1. The van der Waals surface area contributed by atoms with Gasteiger partial charge in [0.1, 0.15) is 0 Å². The van der Waals surface area contributed by atoms with Crippen LogP contribution in [-0.4, -0.2) is 23.9 Å². The third kappa shape index (κ3) is 2.04. The number of aliphatic hydroxyl groups is 1. The molecule has 0 aliphatic rings. The summed E-state index contributed by atoms with van der Waals surface area (Å²) in [4.78, 5) is 0. The van der Waals surface area contributed by atoms with Crippen molar-refractivity contribution in [1.82, 2.24) is 0 Å². The lowest BCUT2D eigenvalue weighted by Gasteiger charge is -2.23. The fraction of sp³-hybridized carbons (Fsp3) is 0.455. The van der Waals surface area contributed by atoms with Gasteiger partial charge in [-0.25, -0.2) is 4.39 Å². The number of hydrogen-bond donors (Lipinski definition) is 2. The molecule has 3 nitrogen and oxygen atoms in total. The molecule has 0 amide bonds. The van der Waals surface area contributed by atoms with Crippen LogP contribution in [0.25, 0.3) is 0 Å². The first-order valence-electron chi connectivity index (χ1n) is 4.61. The summed E-state index contributed by atoms with van der Waals surface area (Å²) < 4.78 is 18.6. The van der Waals surface area contributed by atoms with Gasteiger partial charge in [-0.05, 0) is 11.6 Å². The summed E-state index contributed by atoms with van der Waals surface area (Å²) in [6.45, 7) is 3.24. The van der Waals surface area contributed by atoms with Crippen LogP contribution >= 0.6 is 0 Å². The van der Waals surface area contributed by atoms with Crippen LogP contribution in [0.2, 0.25) is 0 Å². The van der Waals surface area contributed by atoms with E-state index < -0.39 is 11.2 Å². The zero-order chi connectivity index (χ0) is 11.6. The largest absolute Gasteiger partial charge is 0.504 e. The summed E-state index contributed by atoms with van der Waals surface area (Å²) in [7, 11) is 1.29. The fourth-order valence-corrected chi connectivity index (χ4v) is 1.35. The topological polar surface area (TPSA) is 49.7 Å². The second-order valence-electron chi connectivity index (χ2n) is 4.02. The van der Waals surface area contributed by atoms with Crippen molar-refractivity contribution in [2.45, 2.75) is 19.3 Å². The molecule has 0 atom stereocenters. The van der Waals surface area contributed by atoms with Crippen molar-refractivity contribution in [1.29, 1.82) is 0 Å². The van der Waals surface area contributed by atoms with Crippen LogP contribution in [0.1, 0.15) is 19.4 Å². The Morgan fingerprint density at radius 1 is 1.40 bits per heavy atom. The number of rotatable bonds is 3. The van der Waals surface area contributed by atoms with Crippen LogP contribution in [0.5, 0.6) is 11.5 Å². The molecule has 0 aliphatic carbocycles. The lowest BCUT2D eigenvalue weighted by molar-refractivity contribution is 0.213. The summed E-state index contributed by atoms with van der Waals surface area (Å²) in [5.74, 6) is -1.06. The molecule has 0 bridgehead atoms. The number of phenolic OH excluding ortho intramolecular Hbond substituents is 1. The summed E-state index contributed by atoms with van der Waals surface area (Å²) in [6, 6.07) is 2.80. The van der Waals surface area contributed by atoms with E-state index in [1.165, 1.54) is 19.2 Å². The zero-order valence-electron chi connectivity index (χ0n) is 9.04. The third-order valence-electron chi connectivity index (χ3n) is 2.40. The predicted molar refractivity (Wildman–Crippen MR) is 54.7 cm³/mol. The maximum absolute atomic E-state index is 13.8. The van der Waals surface area contributed by atoms with E-state index in [9.17, 15) is 9.50 Å². The number of phenols is 1. The summed E-state index contributed by atoms with van der Waals surface area (Å²) in [5.41, 5.74) is -0.384. The molecule has 0 saturated carbocycles. The number of benzene rings is 1. The van der Waals surface area contributed by atoms with Crippen LogP contribution < -0.4 is 4.74 Å². The highest BCUT2D eigenvalue weighted by Gasteiger charge is 2.26. The van der Waals surface area contributed by atoms with Crippen LogP contribution in [0.3, 0.4) is 0 Å². The molecule has 0 heterocycles. The monoisotopic (exact) mass is 214 g/mol. The molecule has 4 heteroatoms. The molecule has 1 rings (SSSR count). The highest BCUT2D eigenvalue weighted by Crippen LogP contribution is 2.36. The molecule has 0 aromatic heterocycles. The van der Waals surface area contributed by atoms with Crippen molar-refractivity contribution in [3.05, 3.63) is 23.5 Å². The third-order valence-corrected chi connectivity index (χ3v) is 2.40. The Morgan fingerprint density at radius 2 is 2.00 bits per heavy atom. The summed E-state index contributed by atoms with van der Waals surface area (Å²) in [5, 5.41) is 18.5. The molecular formula is C11H15FO3. The van der Waals surface area contributed by atoms with Crippen molar-refractivity contribution < 1.29 is 19.3 Å². The van der Waals surface area contributed by atoms with E-state index in [2.05, 4.69) is 0 Å². The van der Waals surface area contributed by atoms with Crippen LogP contribution in [-0.2, 0) is 5.41 Å². The van der Waals surface area contributed by atoms with Crippen molar-refractivity contribution in [3.8, 4) is 11.5 Å². The maximum Gasteiger partial charge on any atom is 0.196 e. The highest BCUT2D eigenvalue weighted by molar-refractivity contribution is 5.45. The maximum atomic E-state index is 13.8. The zero-order valence-corrected chi connectivity index (χ0v) is 9.04. The molecule has 0 saturated heterocycles. The number of methoxy groups -OCH3 is 1. The van der Waals surface area contributed by atoms with Gasteiger partial charge in [-0.15, -0.1) is 0 Å². The van der Waals surface area contributed by atoms with E-state index in [0.29, 0.717) is 5.56 Å². The second kappa shape index (κ2) is 4.06. The molecule has 84 valence electrons. The second-order valence-corrected chi connectivity index (χ2v) is 4.02. The summed E-state index contributed by atoms with van der Waals surface area (Å²) >= 11 is 0. The van der Waals surface area contributed by atoms with Gasteiger partial charge in [-0.3, -0.25) is 0 Å². The Kier molecular flexibility index (Phi) is 3.19. The SMILES string of the molecule is COc1c(O)ccc(C(C)(C)CO)c1F. The van der Waals surface area contributed by atoms with Crippen molar-refractivity contribution in [3.63, 3.8) is 0 Å². The van der Waals surface area contributed by atoms with Gasteiger partial charge in [0.15, 0.2) is 17.3 Å². The number of aromatic hydroxyl groups is 1. The van der Waals surface area contributed by atoms with Gasteiger partial charge >= 0.3 is 0 Å². The predicted octanol–water partition coefficient (Wildman–Crippen LogP) is 1.81. The van der Waals surface area contributed by atoms with Crippen molar-refractivity contribution >= 4 is 0 Å². The number of halogens is 1. The quantitative estimate of drug-likeness (QED) is 0.806. The smallest absolute Gasteiger partial charge is 0.196 e. The van der Waals surface area contributed by atoms with Gasteiger partial charge in [0.25, 0.3) is 0 Å². The van der Waals surface area contributed by atoms with Gasteiger partial charge < -0.3 is 14.9 Å². The molecule has 1 aromatic rings. The molecule has 15 heavy (non-hydrogen) atoms. The lowest BCUT2D eigenvalue weighted by Crippen LogP contribution is -2.23. The van der Waals surface area contributed by atoms with Crippen molar-refractivity contribution in [2.75, 3.05) is 13.7 Å². The fourth-order valence-electron chi connectivity index (χ4n) is 1.35. The van der Waals surface area contributed by atoms with Gasteiger partial charge in [0.05, 0.1) is 13.7 Å². The first-order chi connectivity index (χ1) is 6.94. The van der Waals surface area contributed by atoms with Crippen LogP contribution in [0.4, 0.5) is 4.39 Å². The lowest BCUT2D eigenvalue weighted by atomic mass is 9.85. The molecule has 1 aromatic carbocycles.